The molecule has 2 unspecified atom stereocenters. The average Bonchev–Trinajstić information content (AvgIpc) is 3.26. The lowest BCUT2D eigenvalue weighted by molar-refractivity contribution is -0.0428. The number of esters is 1. The Bertz CT molecular complexity index is 1620. The zero-order valence-corrected chi connectivity index (χ0v) is 23.9. The summed E-state index contributed by atoms with van der Waals surface area (Å²) in [4.78, 5) is 16.1. The van der Waals surface area contributed by atoms with Gasteiger partial charge in [-0.2, -0.15) is 4.98 Å². The van der Waals surface area contributed by atoms with E-state index in [0.717, 1.165) is 41.6 Å². The first kappa shape index (κ1) is 27.1. The summed E-state index contributed by atoms with van der Waals surface area (Å²) in [5.74, 6) is -0.168. The van der Waals surface area contributed by atoms with Crippen LogP contribution in [0.25, 0.3) is 21.5 Å². The van der Waals surface area contributed by atoms with E-state index in [-0.39, 0.29) is 41.7 Å². The molecule has 0 amide bonds. The normalized spacial score (nSPS) is 23.7. The molecule has 0 spiro atoms. The van der Waals surface area contributed by atoms with E-state index in [0.29, 0.717) is 38.5 Å². The molecule has 1 saturated carbocycles. The molecule has 3 aliphatic rings. The van der Waals surface area contributed by atoms with Gasteiger partial charge in [0, 0.05) is 17.0 Å². The van der Waals surface area contributed by atoms with Crippen LogP contribution < -0.4 is 4.74 Å². The van der Waals surface area contributed by atoms with Gasteiger partial charge in [-0.25, -0.2) is 9.18 Å². The molecule has 4 heterocycles. The topological polar surface area (TPSA) is 102 Å². The number of carbonyl (C=O) groups excluding carboxylic acids is 1. The van der Waals surface area contributed by atoms with E-state index in [4.69, 9.17) is 51.4 Å². The lowest BCUT2D eigenvalue weighted by Crippen LogP contribution is -2.35. The third kappa shape index (κ3) is 4.98. The highest BCUT2D eigenvalue weighted by Gasteiger charge is 2.50. The van der Waals surface area contributed by atoms with Crippen molar-refractivity contribution in [2.75, 3.05) is 20.3 Å². The fraction of sp³-hybridized carbons (Fsp3) is 0.393. The maximum absolute atomic E-state index is 14.6. The first-order valence-corrected chi connectivity index (χ1v) is 14.6. The monoisotopic (exact) mass is 620 g/mol. The van der Waals surface area contributed by atoms with Crippen molar-refractivity contribution in [3.63, 3.8) is 0 Å². The summed E-state index contributed by atoms with van der Waals surface area (Å²) in [5, 5.41) is 5.53. The Morgan fingerprint density at radius 2 is 1.85 bits per heavy atom. The van der Waals surface area contributed by atoms with Gasteiger partial charge < -0.3 is 28.2 Å². The van der Waals surface area contributed by atoms with Gasteiger partial charge in [-0.15, -0.1) is 0 Å². The van der Waals surface area contributed by atoms with Crippen molar-refractivity contribution in [1.29, 1.82) is 0 Å². The summed E-state index contributed by atoms with van der Waals surface area (Å²) in [6.45, 7) is 0.776. The van der Waals surface area contributed by atoms with Crippen LogP contribution in [0.2, 0.25) is 10.0 Å². The number of aromatic nitrogens is 2. The molecule has 3 fully saturated rings. The fourth-order valence-electron chi connectivity index (χ4n) is 5.30. The minimum atomic E-state index is -0.628. The average molecular weight is 621 g/mol. The van der Waals surface area contributed by atoms with Crippen LogP contribution in [0.5, 0.6) is 5.19 Å². The van der Waals surface area contributed by atoms with Crippen molar-refractivity contribution in [3.8, 4) is 16.5 Å². The second-order valence-corrected chi connectivity index (χ2v) is 11.9. The maximum Gasteiger partial charge on any atom is 0.338 e. The summed E-state index contributed by atoms with van der Waals surface area (Å²) in [7, 11) is 1.24. The van der Waals surface area contributed by atoms with Gasteiger partial charge in [0.25, 0.3) is 5.19 Å². The van der Waals surface area contributed by atoms with Crippen LogP contribution >= 0.6 is 34.5 Å². The van der Waals surface area contributed by atoms with Gasteiger partial charge in [0.05, 0.1) is 47.2 Å². The Balaban J connectivity index is 1.06. The van der Waals surface area contributed by atoms with E-state index in [1.54, 1.807) is 18.2 Å². The molecule has 4 aromatic rings. The Morgan fingerprint density at radius 3 is 2.59 bits per heavy atom. The Kier molecular flexibility index (Phi) is 7.12. The van der Waals surface area contributed by atoms with Crippen LogP contribution in [0.4, 0.5) is 4.39 Å². The number of hydrogen-bond acceptors (Lipinski definition) is 10. The van der Waals surface area contributed by atoms with E-state index in [1.807, 2.05) is 0 Å². The molecule has 214 valence electrons. The molecule has 9 nitrogen and oxygen atoms in total. The minimum Gasteiger partial charge on any atom is -0.465 e. The number of halogens is 3. The number of fused-ring (bicyclic) bond motifs is 2. The molecule has 2 aliphatic heterocycles. The third-order valence-electron chi connectivity index (χ3n) is 7.47. The van der Waals surface area contributed by atoms with Crippen molar-refractivity contribution >= 4 is 50.7 Å². The molecular formula is C28H23Cl2FN2O7S. The lowest BCUT2D eigenvalue weighted by Gasteiger charge is -2.17. The van der Waals surface area contributed by atoms with Gasteiger partial charge in [-0.3, -0.25) is 0 Å². The molecule has 2 saturated heterocycles. The number of nitrogens with zero attached hydrogens (tertiary/aromatic N) is 2. The van der Waals surface area contributed by atoms with Crippen LogP contribution in [0.3, 0.4) is 0 Å². The predicted molar refractivity (Wildman–Crippen MR) is 147 cm³/mol. The van der Waals surface area contributed by atoms with Crippen LogP contribution in [-0.4, -0.2) is 60.8 Å². The summed E-state index contributed by atoms with van der Waals surface area (Å²) in [6.07, 6.45) is 0.459. The Labute approximate surface area is 247 Å². The maximum atomic E-state index is 14.6. The summed E-state index contributed by atoms with van der Waals surface area (Å²) in [5.41, 5.74) is 2.23. The van der Waals surface area contributed by atoms with E-state index < -0.39 is 24.0 Å². The van der Waals surface area contributed by atoms with Crippen molar-refractivity contribution in [1.82, 2.24) is 10.1 Å². The molecule has 13 heteroatoms. The Morgan fingerprint density at radius 1 is 1.12 bits per heavy atom. The molecule has 2 aromatic heterocycles. The summed E-state index contributed by atoms with van der Waals surface area (Å²) >= 11 is 14.1. The number of rotatable bonds is 8. The van der Waals surface area contributed by atoms with E-state index >= 15 is 0 Å². The van der Waals surface area contributed by atoms with Gasteiger partial charge in [-0.05, 0) is 37.1 Å². The zero-order chi connectivity index (χ0) is 28.2. The molecule has 41 heavy (non-hydrogen) atoms. The summed E-state index contributed by atoms with van der Waals surface area (Å²) < 4.78 is 50.0. The van der Waals surface area contributed by atoms with E-state index in [1.165, 1.54) is 13.2 Å². The third-order valence-corrected chi connectivity index (χ3v) is 9.00. The van der Waals surface area contributed by atoms with Crippen LogP contribution in [0.15, 0.2) is 34.9 Å². The van der Waals surface area contributed by atoms with Crippen molar-refractivity contribution in [2.24, 2.45) is 0 Å². The van der Waals surface area contributed by atoms with Crippen LogP contribution in [-0.2, 0) is 25.6 Å². The number of ether oxygens (including phenoxy) is 5. The van der Waals surface area contributed by atoms with Gasteiger partial charge in [0.2, 0.25) is 0 Å². The van der Waals surface area contributed by atoms with E-state index in [2.05, 4.69) is 10.1 Å². The highest BCUT2D eigenvalue weighted by molar-refractivity contribution is 7.20. The lowest BCUT2D eigenvalue weighted by atomic mass is 10.0. The molecule has 7 rings (SSSR count). The quantitative estimate of drug-likeness (QED) is 0.213. The zero-order valence-electron chi connectivity index (χ0n) is 21.6. The fourth-order valence-corrected chi connectivity index (χ4v) is 6.79. The molecule has 0 N–H and O–H groups in total. The number of thiazole rings is 1. The molecule has 4 atom stereocenters. The number of methoxy groups -OCH3 is 1. The summed E-state index contributed by atoms with van der Waals surface area (Å²) in [6, 6.07) is 7.94. The molecule has 2 aromatic carbocycles. The van der Waals surface area contributed by atoms with Crippen LogP contribution in [0.1, 0.15) is 40.4 Å². The molecule has 1 aliphatic carbocycles. The van der Waals surface area contributed by atoms with Gasteiger partial charge >= 0.3 is 5.97 Å². The van der Waals surface area contributed by atoms with Crippen LogP contribution in [0, 0.1) is 5.82 Å². The molecular weight excluding hydrogens is 598 g/mol. The standard InChI is InChI=1S/C28H23Cl2FN2O7S/c1-35-27(34)13-7-17(31)23-20(8-13)41-28(32-23)39-19-11-38-25-18(10-37-26(19)25)36-9-14-22(33-40-24(14)12-5-6-12)21-15(29)3-2-4-16(21)30/h2-4,7-8,12,18-19,25-26H,5-6,9-11H2,1H3/t18?,19?,25-,26-/m1/s1. The van der Waals surface area contributed by atoms with Gasteiger partial charge in [0.15, 0.2) is 11.9 Å². The highest BCUT2D eigenvalue weighted by Crippen LogP contribution is 2.46. The number of carbonyl (C=O) groups is 1. The number of hydrogen-bond donors (Lipinski definition) is 0. The highest BCUT2D eigenvalue weighted by atomic mass is 35.5. The predicted octanol–water partition coefficient (Wildman–Crippen LogP) is 6.19. The smallest absolute Gasteiger partial charge is 0.338 e. The first-order valence-electron chi connectivity index (χ1n) is 13.0. The Hall–Kier alpha value is -2.80. The van der Waals surface area contributed by atoms with Gasteiger partial charge in [-0.1, -0.05) is 45.8 Å². The number of benzene rings is 2. The van der Waals surface area contributed by atoms with E-state index in [9.17, 15) is 9.18 Å². The van der Waals surface area contributed by atoms with Crippen molar-refractivity contribution in [2.45, 2.75) is 49.8 Å². The largest absolute Gasteiger partial charge is 0.465 e. The second kappa shape index (κ2) is 10.8. The molecule has 0 bridgehead atoms. The SMILES string of the molecule is COC(=O)c1cc(F)c2nc(OC3CO[C@@H]4C(OCc5c(-c6c(Cl)cccc6Cl)noc5C5CC5)CO[C@H]34)sc2c1. The second-order valence-electron chi connectivity index (χ2n) is 10.1. The van der Waals surface area contributed by atoms with Gasteiger partial charge in [0.1, 0.15) is 35.3 Å². The van der Waals surface area contributed by atoms with Crippen molar-refractivity contribution in [3.05, 3.63) is 63.1 Å². The first-order chi connectivity index (χ1) is 19.9. The molecule has 0 radical (unpaired) electrons. The van der Waals surface area contributed by atoms with Crippen molar-refractivity contribution < 1.29 is 37.4 Å². The minimum absolute atomic E-state index is 0.105.